The molecule has 0 aliphatic carbocycles. The first-order valence-electron chi connectivity index (χ1n) is 5.73. The van der Waals surface area contributed by atoms with Crippen molar-refractivity contribution in [1.82, 2.24) is 0 Å². The van der Waals surface area contributed by atoms with E-state index in [1.165, 1.54) is 12.1 Å². The van der Waals surface area contributed by atoms with E-state index < -0.39 is 10.9 Å². The number of carbonyl (C=O) groups is 1. The number of aliphatic carboxylic acids is 1. The zero-order chi connectivity index (χ0) is 14.7. The van der Waals surface area contributed by atoms with Gasteiger partial charge in [0.15, 0.2) is 0 Å². The maximum Gasteiger partial charge on any atom is 0.328 e. The van der Waals surface area contributed by atoms with Crippen molar-refractivity contribution >= 4 is 17.2 Å². The molecule has 0 aliphatic rings. The summed E-state index contributed by atoms with van der Waals surface area (Å²) in [4.78, 5) is 20.8. The fraction of sp³-hybridized carbons (Fsp3) is 0.0714. The normalized spacial score (nSPS) is 11.3. The van der Waals surface area contributed by atoms with E-state index >= 15 is 0 Å². The third-order valence-electron chi connectivity index (χ3n) is 2.68. The van der Waals surface area contributed by atoms with Crippen molar-refractivity contribution in [3.05, 3.63) is 58.3 Å². The van der Waals surface area contributed by atoms with Crippen LogP contribution in [0.2, 0.25) is 0 Å². The fourth-order valence-electron chi connectivity index (χ4n) is 1.73. The van der Waals surface area contributed by atoms with Gasteiger partial charge in [-0.05, 0) is 24.6 Å². The van der Waals surface area contributed by atoms with E-state index in [1.807, 2.05) is 0 Å². The molecule has 1 aromatic heterocycles. The molecule has 6 heteroatoms. The van der Waals surface area contributed by atoms with Crippen LogP contribution in [-0.4, -0.2) is 16.0 Å². The SMILES string of the molecule is C/C(=C\C(=O)O)c1ccc(-c2cccc([N+](=O)[O-])c2)o1. The van der Waals surface area contributed by atoms with Crippen LogP contribution in [0.4, 0.5) is 5.69 Å². The highest BCUT2D eigenvalue weighted by Gasteiger charge is 2.11. The van der Waals surface area contributed by atoms with Crippen LogP contribution in [0.1, 0.15) is 12.7 Å². The molecular weight excluding hydrogens is 262 g/mol. The molecule has 1 heterocycles. The second-order valence-corrected chi connectivity index (χ2v) is 4.14. The highest BCUT2D eigenvalue weighted by molar-refractivity contribution is 5.88. The van der Waals surface area contributed by atoms with E-state index in [-0.39, 0.29) is 5.69 Å². The lowest BCUT2D eigenvalue weighted by atomic mass is 10.1. The number of benzene rings is 1. The number of carboxylic acid groups (broad SMARTS) is 1. The second-order valence-electron chi connectivity index (χ2n) is 4.14. The molecule has 102 valence electrons. The number of hydrogen-bond acceptors (Lipinski definition) is 4. The summed E-state index contributed by atoms with van der Waals surface area (Å²) in [5.74, 6) is -0.202. The van der Waals surface area contributed by atoms with E-state index in [2.05, 4.69) is 0 Å². The van der Waals surface area contributed by atoms with Crippen LogP contribution in [0, 0.1) is 10.1 Å². The molecule has 0 saturated carbocycles. The molecule has 0 aliphatic heterocycles. The highest BCUT2D eigenvalue weighted by Crippen LogP contribution is 2.28. The molecule has 6 nitrogen and oxygen atoms in total. The molecule has 0 spiro atoms. The Morgan fingerprint density at radius 3 is 2.75 bits per heavy atom. The van der Waals surface area contributed by atoms with Crippen molar-refractivity contribution in [3.63, 3.8) is 0 Å². The summed E-state index contributed by atoms with van der Waals surface area (Å²) in [6.07, 6.45) is 1.04. The molecule has 0 saturated heterocycles. The summed E-state index contributed by atoms with van der Waals surface area (Å²) >= 11 is 0. The first-order chi connectivity index (χ1) is 9.47. The predicted octanol–water partition coefficient (Wildman–Crippen LogP) is 3.34. The van der Waals surface area contributed by atoms with E-state index in [9.17, 15) is 14.9 Å². The lowest BCUT2D eigenvalue weighted by Crippen LogP contribution is -1.88. The Labute approximate surface area is 114 Å². The van der Waals surface area contributed by atoms with E-state index in [1.54, 1.807) is 31.2 Å². The fourth-order valence-corrected chi connectivity index (χ4v) is 1.73. The maximum atomic E-state index is 10.7. The number of furan rings is 1. The van der Waals surface area contributed by atoms with Gasteiger partial charge in [0.05, 0.1) is 4.92 Å². The molecular formula is C14H11NO5. The Morgan fingerprint density at radius 1 is 1.35 bits per heavy atom. The van der Waals surface area contributed by atoms with Gasteiger partial charge in [0.25, 0.3) is 5.69 Å². The topological polar surface area (TPSA) is 93.6 Å². The minimum atomic E-state index is -1.06. The van der Waals surface area contributed by atoms with Gasteiger partial charge >= 0.3 is 5.97 Å². The van der Waals surface area contributed by atoms with Gasteiger partial charge in [0, 0.05) is 23.8 Å². The maximum absolute atomic E-state index is 10.7. The minimum absolute atomic E-state index is 0.0294. The summed E-state index contributed by atoms with van der Waals surface area (Å²) in [6.45, 7) is 1.62. The number of non-ortho nitro benzene ring substituents is 1. The standard InChI is InChI=1S/C14H11NO5/c1-9(7-14(16)17)12-5-6-13(20-12)10-3-2-4-11(8-10)15(18)19/h2-8H,1H3,(H,16,17)/b9-7+. The van der Waals surface area contributed by atoms with Crippen LogP contribution >= 0.6 is 0 Å². The number of hydrogen-bond donors (Lipinski definition) is 1. The minimum Gasteiger partial charge on any atom is -0.478 e. The van der Waals surface area contributed by atoms with Crippen molar-refractivity contribution in [1.29, 1.82) is 0 Å². The lowest BCUT2D eigenvalue weighted by molar-refractivity contribution is -0.384. The molecule has 2 aromatic rings. The average molecular weight is 273 g/mol. The third-order valence-corrected chi connectivity index (χ3v) is 2.68. The molecule has 0 atom stereocenters. The van der Waals surface area contributed by atoms with Crippen molar-refractivity contribution in [2.24, 2.45) is 0 Å². The summed E-state index contributed by atoms with van der Waals surface area (Å²) in [7, 11) is 0. The van der Waals surface area contributed by atoms with E-state index in [4.69, 9.17) is 9.52 Å². The Balaban J connectivity index is 2.36. The van der Waals surface area contributed by atoms with Gasteiger partial charge in [-0.2, -0.15) is 0 Å². The van der Waals surface area contributed by atoms with E-state index in [0.717, 1.165) is 6.08 Å². The molecule has 2 rings (SSSR count). The number of nitro benzene ring substituents is 1. The smallest absolute Gasteiger partial charge is 0.328 e. The molecule has 0 fully saturated rings. The van der Waals surface area contributed by atoms with Gasteiger partial charge in [0.1, 0.15) is 11.5 Å². The van der Waals surface area contributed by atoms with Gasteiger partial charge in [-0.25, -0.2) is 4.79 Å². The third kappa shape index (κ3) is 2.92. The van der Waals surface area contributed by atoms with Crippen LogP contribution in [0.5, 0.6) is 0 Å². The van der Waals surface area contributed by atoms with Crippen LogP contribution in [0.15, 0.2) is 46.9 Å². The first kappa shape index (κ1) is 13.5. The Kier molecular flexibility index (Phi) is 3.65. The van der Waals surface area contributed by atoms with Gasteiger partial charge in [-0.1, -0.05) is 12.1 Å². The second kappa shape index (κ2) is 5.40. The van der Waals surface area contributed by atoms with Crippen molar-refractivity contribution < 1.29 is 19.2 Å². The summed E-state index contributed by atoms with van der Waals surface area (Å²) < 4.78 is 5.51. The van der Waals surface area contributed by atoms with Gasteiger partial charge < -0.3 is 9.52 Å². The zero-order valence-electron chi connectivity index (χ0n) is 10.6. The molecule has 0 amide bonds. The van der Waals surface area contributed by atoms with Crippen LogP contribution in [0.25, 0.3) is 16.9 Å². The molecule has 1 aromatic carbocycles. The number of allylic oxidation sites excluding steroid dienone is 1. The number of rotatable bonds is 4. The Morgan fingerprint density at radius 2 is 2.10 bits per heavy atom. The average Bonchev–Trinajstić information content (AvgIpc) is 2.87. The highest BCUT2D eigenvalue weighted by atomic mass is 16.6. The summed E-state index contributed by atoms with van der Waals surface area (Å²) in [6, 6.07) is 9.32. The molecule has 0 unspecified atom stereocenters. The van der Waals surface area contributed by atoms with Crippen molar-refractivity contribution in [2.75, 3.05) is 0 Å². The first-order valence-corrected chi connectivity index (χ1v) is 5.73. The van der Waals surface area contributed by atoms with Crippen molar-refractivity contribution in [3.8, 4) is 11.3 Å². The van der Waals surface area contributed by atoms with Crippen molar-refractivity contribution in [2.45, 2.75) is 6.92 Å². The largest absolute Gasteiger partial charge is 0.478 e. The molecule has 1 N–H and O–H groups in total. The summed E-state index contributed by atoms with van der Waals surface area (Å²) in [5.41, 5.74) is 1.00. The molecule has 0 radical (unpaired) electrons. The molecule has 20 heavy (non-hydrogen) atoms. The quantitative estimate of drug-likeness (QED) is 0.523. The Bertz CT molecular complexity index is 699. The predicted molar refractivity (Wildman–Crippen MR) is 72.1 cm³/mol. The lowest BCUT2D eigenvalue weighted by Gasteiger charge is -1.98. The van der Waals surface area contributed by atoms with Crippen LogP contribution in [-0.2, 0) is 4.79 Å². The Hall–Kier alpha value is -2.89. The van der Waals surface area contributed by atoms with Gasteiger partial charge in [-0.15, -0.1) is 0 Å². The number of carboxylic acids is 1. The molecule has 0 bridgehead atoms. The van der Waals surface area contributed by atoms with E-state index in [0.29, 0.717) is 22.7 Å². The monoisotopic (exact) mass is 273 g/mol. The number of nitrogens with zero attached hydrogens (tertiary/aromatic N) is 1. The van der Waals surface area contributed by atoms with Crippen LogP contribution in [0.3, 0.4) is 0 Å². The zero-order valence-corrected chi connectivity index (χ0v) is 10.6. The van der Waals surface area contributed by atoms with Gasteiger partial charge in [0.2, 0.25) is 0 Å². The summed E-state index contributed by atoms with van der Waals surface area (Å²) in [5, 5.41) is 19.4. The number of nitro groups is 1. The van der Waals surface area contributed by atoms with Gasteiger partial charge in [-0.3, -0.25) is 10.1 Å². The van der Waals surface area contributed by atoms with Crippen LogP contribution < -0.4 is 0 Å².